The van der Waals surface area contributed by atoms with E-state index in [4.69, 9.17) is 0 Å². The molecule has 2 amide bonds. The molecule has 2 atom stereocenters. The van der Waals surface area contributed by atoms with E-state index in [9.17, 15) is 14.7 Å². The zero-order valence-electron chi connectivity index (χ0n) is 10.5. The second-order valence-electron chi connectivity index (χ2n) is 5.76. The first-order valence-electron chi connectivity index (χ1n) is 6.91. The van der Waals surface area contributed by atoms with Gasteiger partial charge in [-0.15, -0.1) is 0 Å². The van der Waals surface area contributed by atoms with Gasteiger partial charge < -0.3 is 14.9 Å². The summed E-state index contributed by atoms with van der Waals surface area (Å²) in [5, 5.41) is 9.60. The second kappa shape index (κ2) is 4.53. The predicted molar refractivity (Wildman–Crippen MR) is 64.7 cm³/mol. The Balaban J connectivity index is 1.61. The summed E-state index contributed by atoms with van der Waals surface area (Å²) in [4.78, 5) is 27.8. The summed E-state index contributed by atoms with van der Waals surface area (Å²) in [7, 11) is 0. The predicted octanol–water partition coefficient (Wildman–Crippen LogP) is -0.0194. The van der Waals surface area contributed by atoms with Crippen LogP contribution in [-0.2, 0) is 9.59 Å². The van der Waals surface area contributed by atoms with Crippen LogP contribution in [0.3, 0.4) is 0 Å². The van der Waals surface area contributed by atoms with Crippen LogP contribution < -0.4 is 0 Å². The molecule has 0 aromatic carbocycles. The van der Waals surface area contributed by atoms with Crippen molar-refractivity contribution in [1.29, 1.82) is 0 Å². The third-order valence-corrected chi connectivity index (χ3v) is 4.20. The van der Waals surface area contributed by atoms with Gasteiger partial charge in [-0.1, -0.05) is 0 Å². The Morgan fingerprint density at radius 1 is 1.22 bits per heavy atom. The lowest BCUT2D eigenvalue weighted by molar-refractivity contribution is -0.138. The van der Waals surface area contributed by atoms with Gasteiger partial charge in [0.05, 0.1) is 12.0 Å². The number of hydrogen-bond acceptors (Lipinski definition) is 3. The zero-order valence-corrected chi connectivity index (χ0v) is 10.5. The van der Waals surface area contributed by atoms with Crippen molar-refractivity contribution in [1.82, 2.24) is 9.80 Å². The molecule has 0 aromatic heterocycles. The first-order chi connectivity index (χ1) is 8.65. The van der Waals surface area contributed by atoms with Gasteiger partial charge in [0.2, 0.25) is 11.8 Å². The van der Waals surface area contributed by atoms with Crippen LogP contribution in [-0.4, -0.2) is 58.5 Å². The summed E-state index contributed by atoms with van der Waals surface area (Å²) in [6.07, 6.45) is 3.80. The number of likely N-dealkylation sites (tertiary alicyclic amines) is 2. The minimum absolute atomic E-state index is 0.0604. The molecule has 18 heavy (non-hydrogen) atoms. The average Bonchev–Trinajstić information content (AvgIpc) is 3.12. The van der Waals surface area contributed by atoms with Gasteiger partial charge in [-0.25, -0.2) is 0 Å². The molecule has 0 aromatic rings. The maximum absolute atomic E-state index is 12.3. The van der Waals surface area contributed by atoms with Gasteiger partial charge in [0.1, 0.15) is 0 Å². The lowest BCUT2D eigenvalue weighted by Gasteiger charge is -2.31. The molecule has 3 rings (SSSR count). The van der Waals surface area contributed by atoms with Gasteiger partial charge in [-0.2, -0.15) is 0 Å². The number of nitrogens with zero attached hydrogens (tertiary/aromatic N) is 2. The third-order valence-electron chi connectivity index (χ3n) is 4.20. The van der Waals surface area contributed by atoms with E-state index in [0.29, 0.717) is 25.6 Å². The molecule has 1 N–H and O–H groups in total. The fraction of sp³-hybridized carbons (Fsp3) is 0.846. The van der Waals surface area contributed by atoms with E-state index in [0.717, 1.165) is 32.2 Å². The largest absolute Gasteiger partial charge is 0.391 e. The SMILES string of the molecule is O=C(C1CC(=O)N(C2CC2)C1)N1CCCC(O)C1. The fourth-order valence-electron chi connectivity index (χ4n) is 3.05. The topological polar surface area (TPSA) is 60.9 Å². The monoisotopic (exact) mass is 252 g/mol. The summed E-state index contributed by atoms with van der Waals surface area (Å²) >= 11 is 0. The van der Waals surface area contributed by atoms with Crippen molar-refractivity contribution in [3.63, 3.8) is 0 Å². The molecule has 1 saturated carbocycles. The van der Waals surface area contributed by atoms with E-state index >= 15 is 0 Å². The average molecular weight is 252 g/mol. The van der Waals surface area contributed by atoms with Crippen LogP contribution in [0.1, 0.15) is 32.1 Å². The first-order valence-corrected chi connectivity index (χ1v) is 6.91. The van der Waals surface area contributed by atoms with E-state index in [-0.39, 0.29) is 23.8 Å². The van der Waals surface area contributed by atoms with Crippen LogP contribution in [0.15, 0.2) is 0 Å². The van der Waals surface area contributed by atoms with Crippen molar-refractivity contribution in [2.24, 2.45) is 5.92 Å². The molecule has 5 nitrogen and oxygen atoms in total. The Bertz CT molecular complexity index is 367. The number of aliphatic hydroxyl groups is 1. The van der Waals surface area contributed by atoms with E-state index < -0.39 is 0 Å². The van der Waals surface area contributed by atoms with Crippen molar-refractivity contribution in [2.75, 3.05) is 19.6 Å². The summed E-state index contributed by atoms with van der Waals surface area (Å²) in [6.45, 7) is 1.76. The molecular weight excluding hydrogens is 232 g/mol. The lowest BCUT2D eigenvalue weighted by Crippen LogP contribution is -2.45. The van der Waals surface area contributed by atoms with E-state index in [1.807, 2.05) is 4.90 Å². The van der Waals surface area contributed by atoms with Crippen LogP contribution >= 0.6 is 0 Å². The number of carbonyl (C=O) groups excluding carboxylic acids is 2. The van der Waals surface area contributed by atoms with Crippen LogP contribution in [0, 0.1) is 5.92 Å². The molecule has 5 heteroatoms. The number of amides is 2. The third kappa shape index (κ3) is 2.23. The normalized spacial score (nSPS) is 33.1. The van der Waals surface area contributed by atoms with Crippen LogP contribution in [0.5, 0.6) is 0 Å². The maximum atomic E-state index is 12.3. The number of aliphatic hydroxyl groups excluding tert-OH is 1. The molecule has 0 spiro atoms. The Morgan fingerprint density at radius 2 is 2.00 bits per heavy atom. The van der Waals surface area contributed by atoms with Crippen molar-refractivity contribution in [3.8, 4) is 0 Å². The molecular formula is C13H20N2O3. The highest BCUT2D eigenvalue weighted by Gasteiger charge is 2.43. The number of rotatable bonds is 2. The molecule has 100 valence electrons. The maximum Gasteiger partial charge on any atom is 0.228 e. The van der Waals surface area contributed by atoms with Gasteiger partial charge in [-0.05, 0) is 25.7 Å². The van der Waals surface area contributed by atoms with Gasteiger partial charge >= 0.3 is 0 Å². The fourth-order valence-corrected chi connectivity index (χ4v) is 3.05. The van der Waals surface area contributed by atoms with E-state index in [1.165, 1.54) is 0 Å². The smallest absolute Gasteiger partial charge is 0.228 e. The highest BCUT2D eigenvalue weighted by molar-refractivity contribution is 5.89. The van der Waals surface area contributed by atoms with Crippen molar-refractivity contribution >= 4 is 11.8 Å². The summed E-state index contributed by atoms with van der Waals surface area (Å²) in [5.41, 5.74) is 0. The minimum atomic E-state index is -0.390. The Labute approximate surface area is 107 Å². The summed E-state index contributed by atoms with van der Waals surface area (Å²) in [5.74, 6) is 0.0158. The molecule has 3 fully saturated rings. The molecule has 3 aliphatic rings. The van der Waals surface area contributed by atoms with Crippen molar-refractivity contribution < 1.29 is 14.7 Å². The Hall–Kier alpha value is -1.10. The second-order valence-corrected chi connectivity index (χ2v) is 5.76. The molecule has 0 bridgehead atoms. The molecule has 2 saturated heterocycles. The molecule has 0 radical (unpaired) electrons. The number of piperidine rings is 1. The molecule has 2 unspecified atom stereocenters. The molecule has 2 aliphatic heterocycles. The highest BCUT2D eigenvalue weighted by atomic mass is 16.3. The number of hydrogen-bond donors (Lipinski definition) is 1. The lowest BCUT2D eigenvalue weighted by atomic mass is 10.0. The van der Waals surface area contributed by atoms with E-state index in [1.54, 1.807) is 4.90 Å². The Kier molecular flexibility index (Phi) is 3.01. The van der Waals surface area contributed by atoms with Gasteiger partial charge in [0.25, 0.3) is 0 Å². The standard InChI is InChI=1S/C13H20N2O3/c16-11-2-1-5-14(8-11)13(18)9-6-12(17)15(7-9)10-3-4-10/h9-11,16H,1-8H2. The number of carbonyl (C=O) groups is 2. The highest BCUT2D eigenvalue weighted by Crippen LogP contribution is 2.33. The zero-order chi connectivity index (χ0) is 12.7. The minimum Gasteiger partial charge on any atom is -0.391 e. The van der Waals surface area contributed by atoms with Gasteiger partial charge in [0.15, 0.2) is 0 Å². The van der Waals surface area contributed by atoms with Crippen molar-refractivity contribution in [3.05, 3.63) is 0 Å². The summed E-state index contributed by atoms with van der Waals surface area (Å²) < 4.78 is 0. The first kappa shape index (κ1) is 12.0. The number of β-amino-alcohol motifs (C(OH)–C–C–N with tert-alkyl or cyclic N) is 1. The molecule has 1 aliphatic carbocycles. The summed E-state index contributed by atoms with van der Waals surface area (Å²) in [6, 6.07) is 0.405. The van der Waals surface area contributed by atoms with Crippen LogP contribution in [0.4, 0.5) is 0 Å². The van der Waals surface area contributed by atoms with Crippen LogP contribution in [0.25, 0.3) is 0 Å². The molecule has 2 heterocycles. The quantitative estimate of drug-likeness (QED) is 0.751. The van der Waals surface area contributed by atoms with Gasteiger partial charge in [-0.3, -0.25) is 9.59 Å². The van der Waals surface area contributed by atoms with E-state index in [2.05, 4.69) is 0 Å². The van der Waals surface area contributed by atoms with Crippen LogP contribution in [0.2, 0.25) is 0 Å². The Morgan fingerprint density at radius 3 is 2.67 bits per heavy atom. The van der Waals surface area contributed by atoms with Gasteiger partial charge in [0, 0.05) is 32.1 Å². The van der Waals surface area contributed by atoms with Crippen molar-refractivity contribution in [2.45, 2.75) is 44.2 Å².